The third-order valence-corrected chi connectivity index (χ3v) is 10.6. The Labute approximate surface area is 224 Å². The summed E-state index contributed by atoms with van der Waals surface area (Å²) in [6, 6.07) is 9.83. The molecule has 5 fully saturated rings. The molecule has 8 heteroatoms. The lowest BCUT2D eigenvalue weighted by molar-refractivity contribution is -0.144. The summed E-state index contributed by atoms with van der Waals surface area (Å²) >= 11 is 0. The molecular weight excluding hydrogens is 478 g/mol. The second kappa shape index (κ2) is 9.33. The van der Waals surface area contributed by atoms with E-state index in [4.69, 9.17) is 10.7 Å². The van der Waals surface area contributed by atoms with E-state index in [1.54, 1.807) is 4.90 Å². The van der Waals surface area contributed by atoms with Crippen LogP contribution in [0.5, 0.6) is 0 Å². The monoisotopic (exact) mass is 519 g/mol. The second-order valence-corrected chi connectivity index (χ2v) is 13.1. The summed E-state index contributed by atoms with van der Waals surface area (Å²) in [4.78, 5) is 35.0. The highest BCUT2D eigenvalue weighted by Gasteiger charge is 2.49. The van der Waals surface area contributed by atoms with Crippen molar-refractivity contribution >= 4 is 22.8 Å². The maximum absolute atomic E-state index is 14.0. The quantitative estimate of drug-likeness (QED) is 0.631. The minimum atomic E-state index is -1.32. The van der Waals surface area contributed by atoms with Crippen LogP contribution in [0.2, 0.25) is 0 Å². The van der Waals surface area contributed by atoms with Crippen LogP contribution in [0.1, 0.15) is 83.1 Å². The maximum Gasteiger partial charge on any atom is 0.327 e. The van der Waals surface area contributed by atoms with Gasteiger partial charge >= 0.3 is 5.97 Å². The van der Waals surface area contributed by atoms with Gasteiger partial charge in [-0.3, -0.25) is 14.5 Å². The van der Waals surface area contributed by atoms with Gasteiger partial charge in [0.2, 0.25) is 0 Å². The van der Waals surface area contributed by atoms with Crippen molar-refractivity contribution in [3.63, 3.8) is 0 Å². The number of benzene rings is 1. The number of carboxylic acids is 1. The number of piperidine rings is 2. The van der Waals surface area contributed by atoms with Crippen molar-refractivity contribution in [1.29, 1.82) is 0 Å². The summed E-state index contributed by atoms with van der Waals surface area (Å²) in [5.74, 6) is 1.13. The molecule has 0 radical (unpaired) electrons. The van der Waals surface area contributed by atoms with Gasteiger partial charge in [0.15, 0.2) is 5.82 Å². The molecule has 2 aromatic rings. The van der Waals surface area contributed by atoms with E-state index in [0.29, 0.717) is 23.9 Å². The SMILES string of the molecule is NC1(C(=O)O)CN(c2nc3ccccc3n([C@H]3C[C@H]4CCC[C@@H](C3)N4[C@@H]3C[C@@H]4CCCC[C@@H](C4)C3)c2=O)C1. The number of rotatable bonds is 4. The van der Waals surface area contributed by atoms with Gasteiger partial charge in [0.1, 0.15) is 5.54 Å². The summed E-state index contributed by atoms with van der Waals surface area (Å²) in [5, 5.41) is 9.49. The molecule has 6 atom stereocenters. The van der Waals surface area contributed by atoms with Gasteiger partial charge in [-0.05, 0) is 68.9 Å². The topological polar surface area (TPSA) is 105 Å². The second-order valence-electron chi connectivity index (χ2n) is 13.1. The van der Waals surface area contributed by atoms with Crippen molar-refractivity contribution < 1.29 is 9.90 Å². The maximum atomic E-state index is 14.0. The van der Waals surface area contributed by atoms with E-state index in [2.05, 4.69) is 4.90 Å². The number of carboxylic acid groups (broad SMARTS) is 1. The van der Waals surface area contributed by atoms with E-state index >= 15 is 0 Å². The zero-order valence-corrected chi connectivity index (χ0v) is 22.3. The van der Waals surface area contributed by atoms with Gasteiger partial charge < -0.3 is 20.3 Å². The normalized spacial score (nSPS) is 34.9. The molecule has 0 unspecified atom stereocenters. The minimum absolute atomic E-state index is 0.101. The highest BCUT2D eigenvalue weighted by molar-refractivity contribution is 5.84. The fourth-order valence-corrected chi connectivity index (χ4v) is 8.94. The third kappa shape index (κ3) is 4.06. The van der Waals surface area contributed by atoms with E-state index in [0.717, 1.165) is 35.7 Å². The van der Waals surface area contributed by atoms with Crippen molar-refractivity contribution in [2.24, 2.45) is 17.6 Å². The highest BCUT2D eigenvalue weighted by atomic mass is 16.4. The Morgan fingerprint density at radius 1 is 0.868 bits per heavy atom. The number of anilines is 1. The number of aromatic nitrogens is 2. The van der Waals surface area contributed by atoms with Gasteiger partial charge in [0, 0.05) is 24.2 Å². The van der Waals surface area contributed by atoms with Crippen molar-refractivity contribution in [3.05, 3.63) is 34.6 Å². The molecular formula is C30H41N5O3. The van der Waals surface area contributed by atoms with Gasteiger partial charge in [-0.1, -0.05) is 44.2 Å². The third-order valence-electron chi connectivity index (χ3n) is 10.6. The van der Waals surface area contributed by atoms with Crippen LogP contribution in [-0.4, -0.2) is 62.3 Å². The Balaban J connectivity index is 1.20. The lowest BCUT2D eigenvalue weighted by Crippen LogP contribution is -2.72. The first-order chi connectivity index (χ1) is 18.4. The van der Waals surface area contributed by atoms with E-state index in [9.17, 15) is 14.7 Å². The minimum Gasteiger partial charge on any atom is -0.480 e. The Kier molecular flexibility index (Phi) is 6.04. The molecule has 4 heterocycles. The molecule has 3 N–H and O–H groups in total. The van der Waals surface area contributed by atoms with Gasteiger partial charge in [0.05, 0.1) is 24.1 Å². The predicted octanol–water partition coefficient (Wildman–Crippen LogP) is 3.92. The van der Waals surface area contributed by atoms with Crippen molar-refractivity contribution in [3.8, 4) is 0 Å². The van der Waals surface area contributed by atoms with Crippen LogP contribution in [0.15, 0.2) is 29.1 Å². The molecule has 5 aliphatic rings. The zero-order valence-electron chi connectivity index (χ0n) is 22.3. The molecule has 0 amide bonds. The van der Waals surface area contributed by atoms with Crippen LogP contribution in [-0.2, 0) is 4.79 Å². The Morgan fingerprint density at radius 3 is 2.18 bits per heavy atom. The largest absolute Gasteiger partial charge is 0.480 e. The number of carbonyl (C=O) groups is 1. The van der Waals surface area contributed by atoms with Crippen LogP contribution in [0, 0.1) is 11.8 Å². The number of hydrogen-bond donors (Lipinski definition) is 2. The first-order valence-electron chi connectivity index (χ1n) is 15.0. The number of nitrogens with two attached hydrogens (primary N) is 1. The average Bonchev–Trinajstić information content (AvgIpc) is 3.05. The van der Waals surface area contributed by atoms with Crippen LogP contribution in [0.4, 0.5) is 5.82 Å². The molecule has 8 nitrogen and oxygen atoms in total. The smallest absolute Gasteiger partial charge is 0.327 e. The lowest BCUT2D eigenvalue weighted by Gasteiger charge is -2.54. The molecule has 2 saturated carbocycles. The highest BCUT2D eigenvalue weighted by Crippen LogP contribution is 2.47. The fourth-order valence-electron chi connectivity index (χ4n) is 8.94. The van der Waals surface area contributed by atoms with Crippen LogP contribution in [0.25, 0.3) is 11.0 Å². The number of hydrogen-bond acceptors (Lipinski definition) is 6. The fraction of sp³-hybridized carbons (Fsp3) is 0.700. The number of nitrogens with zero attached hydrogens (tertiary/aromatic N) is 4. The molecule has 0 spiro atoms. The standard InChI is InChI=1S/C30H41N5O3/c31-30(29(37)38)17-33(18-30)27-28(36)35(26-11-4-3-10-25(26)32-27)24-15-21-8-5-9-22(16-24)34(21)23-13-19-6-1-2-7-20(12-19)14-23/h3-4,10-11,19-24H,1-2,5-9,12-18,31H2,(H,37,38)/t19-,20+,21-,22+,23-,24+. The van der Waals surface area contributed by atoms with Gasteiger partial charge in [-0.15, -0.1) is 0 Å². The van der Waals surface area contributed by atoms with E-state index in [1.165, 1.54) is 64.2 Å². The van der Waals surface area contributed by atoms with E-state index < -0.39 is 11.5 Å². The number of fused-ring (bicyclic) bond motifs is 5. The number of aliphatic carboxylic acids is 1. The molecule has 204 valence electrons. The summed E-state index contributed by atoms with van der Waals surface area (Å²) in [5.41, 5.74) is 6.29. The lowest BCUT2D eigenvalue weighted by atomic mass is 9.73. The molecule has 2 aliphatic carbocycles. The molecule has 4 bridgehead atoms. The van der Waals surface area contributed by atoms with Crippen molar-refractivity contribution in [1.82, 2.24) is 14.5 Å². The average molecular weight is 520 g/mol. The molecule has 38 heavy (non-hydrogen) atoms. The summed E-state index contributed by atoms with van der Waals surface area (Å²) in [7, 11) is 0. The van der Waals surface area contributed by atoms with Crippen molar-refractivity contribution in [2.45, 2.75) is 107 Å². The van der Waals surface area contributed by atoms with Crippen LogP contribution >= 0.6 is 0 Å². The predicted molar refractivity (Wildman–Crippen MR) is 147 cm³/mol. The van der Waals surface area contributed by atoms with E-state index in [1.807, 2.05) is 28.8 Å². The Morgan fingerprint density at radius 2 is 1.53 bits per heavy atom. The first kappa shape index (κ1) is 24.6. The van der Waals surface area contributed by atoms with Crippen LogP contribution in [0.3, 0.4) is 0 Å². The Bertz CT molecular complexity index is 1260. The summed E-state index contributed by atoms with van der Waals surface area (Å²) in [6.45, 7) is 0.216. The van der Waals surface area contributed by atoms with Crippen molar-refractivity contribution in [2.75, 3.05) is 18.0 Å². The first-order valence-corrected chi connectivity index (χ1v) is 15.0. The van der Waals surface area contributed by atoms with Gasteiger partial charge in [0.25, 0.3) is 5.56 Å². The summed E-state index contributed by atoms with van der Waals surface area (Å²) in [6.07, 6.45) is 15.6. The molecule has 1 aromatic carbocycles. The van der Waals surface area contributed by atoms with Gasteiger partial charge in [-0.2, -0.15) is 0 Å². The molecule has 1 aromatic heterocycles. The van der Waals surface area contributed by atoms with E-state index in [-0.39, 0.29) is 24.7 Å². The Hall–Kier alpha value is -2.45. The van der Waals surface area contributed by atoms with Gasteiger partial charge in [-0.25, -0.2) is 4.98 Å². The molecule has 3 saturated heterocycles. The molecule has 7 rings (SSSR count). The zero-order chi connectivity index (χ0) is 26.0. The number of para-hydroxylation sites is 2. The van der Waals surface area contributed by atoms with Crippen LogP contribution < -0.4 is 16.2 Å². The summed E-state index contributed by atoms with van der Waals surface area (Å²) < 4.78 is 2.01. The molecule has 3 aliphatic heterocycles.